The van der Waals surface area contributed by atoms with Crippen LogP contribution in [0.25, 0.3) is 0 Å². The van der Waals surface area contributed by atoms with Crippen LogP contribution in [-0.4, -0.2) is 50.0 Å². The standard InChI is InChI=1S/C20H26N4O8S4/c1-2-3-6-15-20(33(25,26)16-21-23-35(29,30)18-11-7-4-8-12-18)34(27,28)17-22-24-36(31,32)19-13-9-5-10-14-19/h4-5,7-14,20H,2-3,6,15-17H2,1H3/b23-21+,24-22+. The third kappa shape index (κ3) is 8.53. The lowest BCUT2D eigenvalue weighted by Crippen LogP contribution is -2.33. The zero-order valence-electron chi connectivity index (χ0n) is 19.3. The van der Waals surface area contributed by atoms with Crippen LogP contribution in [0, 0.1) is 0 Å². The maximum Gasteiger partial charge on any atom is 0.299 e. The van der Waals surface area contributed by atoms with Crippen LogP contribution in [0.1, 0.15) is 32.6 Å². The third-order valence-electron chi connectivity index (χ3n) is 4.73. The lowest BCUT2D eigenvalue weighted by atomic mass is 10.2. The van der Waals surface area contributed by atoms with Crippen LogP contribution in [0.3, 0.4) is 0 Å². The summed E-state index contributed by atoms with van der Waals surface area (Å²) in [6.07, 6.45) is 1.14. The fraction of sp³-hybridized carbons (Fsp3) is 0.400. The minimum Gasteiger partial charge on any atom is -0.225 e. The molecular formula is C20H26N4O8S4. The van der Waals surface area contributed by atoms with Crippen molar-refractivity contribution in [3.05, 3.63) is 60.7 Å². The molecule has 0 aliphatic rings. The lowest BCUT2D eigenvalue weighted by molar-refractivity contribution is 0.560. The quantitative estimate of drug-likeness (QED) is 0.241. The van der Waals surface area contributed by atoms with Crippen molar-refractivity contribution in [2.45, 2.75) is 47.0 Å². The first-order chi connectivity index (χ1) is 16.8. The largest absolute Gasteiger partial charge is 0.299 e. The molecular weight excluding hydrogens is 553 g/mol. The second kappa shape index (κ2) is 12.6. The van der Waals surface area contributed by atoms with Gasteiger partial charge in [0.2, 0.25) is 0 Å². The first-order valence-corrected chi connectivity index (χ1v) is 16.9. The van der Waals surface area contributed by atoms with Crippen LogP contribution < -0.4 is 0 Å². The second-order valence-electron chi connectivity index (χ2n) is 7.53. The molecule has 0 radical (unpaired) electrons. The molecule has 16 heteroatoms. The van der Waals surface area contributed by atoms with E-state index in [1.165, 1.54) is 48.5 Å². The predicted molar refractivity (Wildman–Crippen MR) is 132 cm³/mol. The molecule has 0 amide bonds. The second-order valence-corrected chi connectivity index (χ2v) is 15.3. The van der Waals surface area contributed by atoms with Crippen molar-refractivity contribution < 1.29 is 33.7 Å². The lowest BCUT2D eigenvalue weighted by Gasteiger charge is -2.15. The van der Waals surface area contributed by atoms with Gasteiger partial charge in [0.25, 0.3) is 20.0 Å². The van der Waals surface area contributed by atoms with Crippen molar-refractivity contribution in [3.63, 3.8) is 0 Å². The maximum absolute atomic E-state index is 12.9. The Morgan fingerprint density at radius 1 is 0.611 bits per heavy atom. The van der Waals surface area contributed by atoms with Gasteiger partial charge in [-0.2, -0.15) is 27.1 Å². The maximum atomic E-state index is 12.9. The zero-order valence-corrected chi connectivity index (χ0v) is 22.5. The smallest absolute Gasteiger partial charge is 0.225 e. The van der Waals surface area contributed by atoms with Crippen molar-refractivity contribution in [1.29, 1.82) is 0 Å². The molecule has 0 aliphatic carbocycles. The number of sulfone groups is 2. The summed E-state index contributed by atoms with van der Waals surface area (Å²) in [7, 11) is -17.6. The molecule has 0 fully saturated rings. The van der Waals surface area contributed by atoms with Gasteiger partial charge in [0.05, 0.1) is 9.79 Å². The molecule has 2 aromatic rings. The Hall–Kier alpha value is -2.56. The Bertz CT molecular complexity index is 1380. The van der Waals surface area contributed by atoms with Crippen molar-refractivity contribution in [1.82, 2.24) is 0 Å². The number of hydrogen-bond donors (Lipinski definition) is 0. The van der Waals surface area contributed by atoms with Crippen molar-refractivity contribution in [2.24, 2.45) is 19.3 Å². The van der Waals surface area contributed by atoms with E-state index in [-0.39, 0.29) is 22.6 Å². The average Bonchev–Trinajstić information content (AvgIpc) is 2.82. The number of rotatable bonds is 14. The molecule has 0 N–H and O–H groups in total. The van der Waals surface area contributed by atoms with E-state index < -0.39 is 56.1 Å². The summed E-state index contributed by atoms with van der Waals surface area (Å²) in [6, 6.07) is 13.9. The van der Waals surface area contributed by atoms with Gasteiger partial charge in [-0.3, -0.25) is 0 Å². The Kier molecular flexibility index (Phi) is 10.4. The van der Waals surface area contributed by atoms with E-state index >= 15 is 0 Å². The van der Waals surface area contributed by atoms with E-state index in [1.807, 2.05) is 6.92 Å². The molecule has 2 aromatic carbocycles. The van der Waals surface area contributed by atoms with Gasteiger partial charge in [-0.1, -0.05) is 71.6 Å². The van der Waals surface area contributed by atoms with Crippen molar-refractivity contribution >= 4 is 39.7 Å². The van der Waals surface area contributed by atoms with Gasteiger partial charge >= 0.3 is 0 Å². The summed E-state index contributed by atoms with van der Waals surface area (Å²) in [5, 5.41) is 6.50. The number of sulfonamides is 2. The summed E-state index contributed by atoms with van der Waals surface area (Å²) in [5.41, 5.74) is 0. The molecule has 0 aromatic heterocycles. The summed E-state index contributed by atoms with van der Waals surface area (Å²) < 4.78 is 104. The van der Waals surface area contributed by atoms with E-state index in [9.17, 15) is 33.7 Å². The fourth-order valence-electron chi connectivity index (χ4n) is 2.95. The van der Waals surface area contributed by atoms with Gasteiger partial charge in [0, 0.05) is 0 Å². The van der Waals surface area contributed by atoms with E-state index in [2.05, 4.69) is 19.3 Å². The van der Waals surface area contributed by atoms with Crippen LogP contribution >= 0.6 is 0 Å². The summed E-state index contributed by atoms with van der Waals surface area (Å²) in [5.74, 6) is -2.40. The highest BCUT2D eigenvalue weighted by molar-refractivity contribution is 8.09. The molecule has 36 heavy (non-hydrogen) atoms. The molecule has 0 aliphatic heterocycles. The highest BCUT2D eigenvalue weighted by Crippen LogP contribution is 2.21. The highest BCUT2D eigenvalue weighted by Gasteiger charge is 2.37. The minimum atomic E-state index is -4.55. The van der Waals surface area contributed by atoms with E-state index in [4.69, 9.17) is 0 Å². The Morgan fingerprint density at radius 3 is 1.36 bits per heavy atom. The molecule has 0 unspecified atom stereocenters. The molecule has 0 spiro atoms. The Morgan fingerprint density at radius 2 is 1.00 bits per heavy atom. The molecule has 12 nitrogen and oxygen atoms in total. The van der Waals surface area contributed by atoms with Gasteiger partial charge in [-0.05, 0) is 30.7 Å². The minimum absolute atomic E-state index is 0.210. The van der Waals surface area contributed by atoms with Gasteiger partial charge in [0.15, 0.2) is 36.0 Å². The SMILES string of the molecule is CCCCCC(S(=O)(=O)C/N=N/S(=O)(=O)c1ccccc1)S(=O)(=O)C/N=N/S(=O)(=O)c1ccccc1. The first-order valence-electron chi connectivity index (χ1n) is 10.6. The van der Waals surface area contributed by atoms with E-state index in [0.717, 1.165) is 0 Å². The number of hydrogen-bond acceptors (Lipinski definition) is 10. The van der Waals surface area contributed by atoms with E-state index in [0.29, 0.717) is 12.8 Å². The Balaban J connectivity index is 2.24. The average molecular weight is 579 g/mol. The summed E-state index contributed by atoms with van der Waals surface area (Å²) >= 11 is 0. The number of benzene rings is 2. The molecule has 198 valence electrons. The first kappa shape index (κ1) is 29.7. The fourth-order valence-corrected chi connectivity index (χ4v) is 8.68. The van der Waals surface area contributed by atoms with Crippen molar-refractivity contribution in [3.8, 4) is 0 Å². The van der Waals surface area contributed by atoms with Gasteiger partial charge in [-0.15, -0.1) is 0 Å². The summed E-state index contributed by atoms with van der Waals surface area (Å²) in [6.45, 7) is 1.84. The van der Waals surface area contributed by atoms with Crippen LogP contribution in [0.4, 0.5) is 0 Å². The zero-order chi connectivity index (χ0) is 26.9. The molecule has 0 heterocycles. The Labute approximate surface area is 211 Å². The highest BCUT2D eigenvalue weighted by atomic mass is 32.3. The molecule has 0 saturated carbocycles. The topological polar surface area (TPSA) is 186 Å². The normalized spacial score (nSPS) is 13.6. The van der Waals surface area contributed by atoms with Gasteiger partial charge in [0.1, 0.15) is 0 Å². The number of nitrogens with zero attached hydrogens (tertiary/aromatic N) is 4. The van der Waals surface area contributed by atoms with Crippen LogP contribution in [0.5, 0.6) is 0 Å². The predicted octanol–water partition coefficient (Wildman–Crippen LogP) is 3.32. The van der Waals surface area contributed by atoms with Gasteiger partial charge in [-0.25, -0.2) is 16.8 Å². The van der Waals surface area contributed by atoms with E-state index in [1.54, 1.807) is 12.1 Å². The number of unbranched alkanes of at least 4 members (excludes halogenated alkanes) is 2. The molecule has 0 atom stereocenters. The third-order valence-corrected chi connectivity index (χ3v) is 11.9. The van der Waals surface area contributed by atoms with Crippen molar-refractivity contribution in [2.75, 3.05) is 11.8 Å². The van der Waals surface area contributed by atoms with Crippen LogP contribution in [0.15, 0.2) is 89.7 Å². The van der Waals surface area contributed by atoms with Crippen LogP contribution in [-0.2, 0) is 39.7 Å². The molecule has 0 bridgehead atoms. The summed E-state index contributed by atoms with van der Waals surface area (Å²) in [4.78, 5) is -0.420. The van der Waals surface area contributed by atoms with Crippen LogP contribution in [0.2, 0.25) is 0 Å². The molecule has 2 rings (SSSR count). The molecule has 0 saturated heterocycles. The van der Waals surface area contributed by atoms with Gasteiger partial charge < -0.3 is 0 Å². The monoisotopic (exact) mass is 578 g/mol.